The first-order chi connectivity index (χ1) is 8.41. The van der Waals surface area contributed by atoms with Crippen LogP contribution in [0.5, 0.6) is 0 Å². The minimum Gasteiger partial charge on any atom is -0.480 e. The van der Waals surface area contributed by atoms with Crippen LogP contribution in [0.3, 0.4) is 0 Å². The first-order valence-corrected chi connectivity index (χ1v) is 6.15. The van der Waals surface area contributed by atoms with Crippen LogP contribution in [0.25, 0.3) is 0 Å². The fraction of sp³-hybridized carbons (Fsp3) is 0.833. The number of carbonyl (C=O) groups is 2. The van der Waals surface area contributed by atoms with E-state index in [1.54, 1.807) is 4.90 Å². The molecule has 6 nitrogen and oxygen atoms in total. The molecule has 3 atom stereocenters. The molecule has 3 unspecified atom stereocenters. The van der Waals surface area contributed by atoms with E-state index in [0.29, 0.717) is 26.1 Å². The molecule has 2 aliphatic rings. The van der Waals surface area contributed by atoms with Gasteiger partial charge in [0.1, 0.15) is 12.3 Å². The van der Waals surface area contributed by atoms with Gasteiger partial charge in [0.15, 0.2) is 5.79 Å². The zero-order valence-electron chi connectivity index (χ0n) is 10.7. The van der Waals surface area contributed by atoms with Gasteiger partial charge >= 0.3 is 5.97 Å². The highest BCUT2D eigenvalue weighted by Crippen LogP contribution is 2.27. The standard InChI is InChI=1S/C12H19NO5/c1-12(2)17-7-9(18-12)5-13-4-8(6-14)3-10(13)11(15)16/h6,8-10H,3-5,7H2,1-2H3,(H,15,16). The van der Waals surface area contributed by atoms with Crippen molar-refractivity contribution in [2.45, 2.75) is 38.2 Å². The minimum absolute atomic E-state index is 0.132. The van der Waals surface area contributed by atoms with Crippen LogP contribution < -0.4 is 0 Å². The van der Waals surface area contributed by atoms with Crippen molar-refractivity contribution < 1.29 is 24.2 Å². The van der Waals surface area contributed by atoms with E-state index < -0.39 is 17.8 Å². The van der Waals surface area contributed by atoms with E-state index >= 15 is 0 Å². The fourth-order valence-corrected chi connectivity index (χ4v) is 2.61. The van der Waals surface area contributed by atoms with Crippen LogP contribution in [0.4, 0.5) is 0 Å². The van der Waals surface area contributed by atoms with E-state index in [-0.39, 0.29) is 12.0 Å². The summed E-state index contributed by atoms with van der Waals surface area (Å²) >= 11 is 0. The third-order valence-corrected chi connectivity index (χ3v) is 3.42. The highest BCUT2D eigenvalue weighted by atomic mass is 16.7. The van der Waals surface area contributed by atoms with Gasteiger partial charge in [0.2, 0.25) is 0 Å². The van der Waals surface area contributed by atoms with Crippen LogP contribution in [0, 0.1) is 5.92 Å². The predicted octanol–water partition coefficient (Wildman–Crippen LogP) is 0.112. The van der Waals surface area contributed by atoms with Gasteiger partial charge in [-0.15, -0.1) is 0 Å². The van der Waals surface area contributed by atoms with Crippen molar-refractivity contribution in [3.8, 4) is 0 Å². The third kappa shape index (κ3) is 2.88. The van der Waals surface area contributed by atoms with Crippen molar-refractivity contribution in [1.29, 1.82) is 0 Å². The summed E-state index contributed by atoms with van der Waals surface area (Å²) in [6, 6.07) is -0.590. The van der Waals surface area contributed by atoms with Crippen LogP contribution in [0.15, 0.2) is 0 Å². The van der Waals surface area contributed by atoms with Gasteiger partial charge < -0.3 is 19.4 Å². The van der Waals surface area contributed by atoms with Gasteiger partial charge in [-0.25, -0.2) is 0 Å². The average Bonchev–Trinajstić information content (AvgIpc) is 2.82. The minimum atomic E-state index is -0.877. The number of hydrogen-bond acceptors (Lipinski definition) is 5. The molecular formula is C12H19NO5. The van der Waals surface area contributed by atoms with Crippen molar-refractivity contribution in [3.63, 3.8) is 0 Å². The molecule has 0 spiro atoms. The Kier molecular flexibility index (Phi) is 3.70. The maximum absolute atomic E-state index is 11.1. The smallest absolute Gasteiger partial charge is 0.320 e. The van der Waals surface area contributed by atoms with Gasteiger partial charge in [0.25, 0.3) is 0 Å². The lowest BCUT2D eigenvalue weighted by Crippen LogP contribution is -2.41. The summed E-state index contributed by atoms with van der Waals surface area (Å²) in [6.45, 7) is 5.10. The van der Waals surface area contributed by atoms with Crippen LogP contribution in [-0.2, 0) is 19.1 Å². The van der Waals surface area contributed by atoms with Gasteiger partial charge in [-0.3, -0.25) is 9.69 Å². The number of carboxylic acids is 1. The predicted molar refractivity (Wildman–Crippen MR) is 62.1 cm³/mol. The normalized spacial score (nSPS) is 35.8. The summed E-state index contributed by atoms with van der Waals surface area (Å²) in [6.07, 6.45) is 1.09. The van der Waals surface area contributed by atoms with E-state index in [1.807, 2.05) is 13.8 Å². The van der Waals surface area contributed by atoms with Crippen LogP contribution in [-0.4, -0.2) is 59.9 Å². The number of aliphatic carboxylic acids is 1. The lowest BCUT2D eigenvalue weighted by molar-refractivity contribution is -0.146. The van der Waals surface area contributed by atoms with Crippen molar-refractivity contribution in [3.05, 3.63) is 0 Å². The van der Waals surface area contributed by atoms with E-state index in [4.69, 9.17) is 14.6 Å². The molecule has 2 rings (SSSR count). The molecule has 2 fully saturated rings. The van der Waals surface area contributed by atoms with E-state index in [0.717, 1.165) is 6.29 Å². The Morgan fingerprint density at radius 3 is 2.78 bits per heavy atom. The number of nitrogens with zero attached hydrogens (tertiary/aromatic N) is 1. The van der Waals surface area contributed by atoms with Gasteiger partial charge in [-0.2, -0.15) is 0 Å². The highest BCUT2D eigenvalue weighted by molar-refractivity contribution is 5.75. The second-order valence-electron chi connectivity index (χ2n) is 5.39. The molecule has 2 saturated heterocycles. The molecule has 1 N–H and O–H groups in total. The van der Waals surface area contributed by atoms with Crippen molar-refractivity contribution in [2.24, 2.45) is 5.92 Å². The Labute approximate surface area is 106 Å². The SMILES string of the molecule is CC1(C)OCC(CN2CC(C=O)CC2C(=O)O)O1. The van der Waals surface area contributed by atoms with Crippen LogP contribution >= 0.6 is 0 Å². The molecule has 102 valence electrons. The third-order valence-electron chi connectivity index (χ3n) is 3.42. The van der Waals surface area contributed by atoms with Gasteiger partial charge in [-0.1, -0.05) is 0 Å². The maximum atomic E-state index is 11.1. The Morgan fingerprint density at radius 2 is 2.28 bits per heavy atom. The fourth-order valence-electron chi connectivity index (χ4n) is 2.61. The van der Waals surface area contributed by atoms with E-state index in [2.05, 4.69) is 0 Å². The number of aldehydes is 1. The molecule has 0 saturated carbocycles. The Hall–Kier alpha value is -0.980. The highest BCUT2D eigenvalue weighted by Gasteiger charge is 2.40. The molecule has 0 aromatic rings. The number of carboxylic acid groups (broad SMARTS) is 1. The molecule has 2 aliphatic heterocycles. The zero-order chi connectivity index (χ0) is 13.3. The van der Waals surface area contributed by atoms with E-state index in [1.165, 1.54) is 0 Å². The first kappa shape index (κ1) is 13.5. The zero-order valence-corrected chi connectivity index (χ0v) is 10.7. The number of carbonyl (C=O) groups excluding carboxylic acids is 1. The Morgan fingerprint density at radius 1 is 1.56 bits per heavy atom. The number of likely N-dealkylation sites (tertiary alicyclic amines) is 1. The van der Waals surface area contributed by atoms with Gasteiger partial charge in [-0.05, 0) is 20.3 Å². The lowest BCUT2D eigenvalue weighted by Gasteiger charge is -2.24. The van der Waals surface area contributed by atoms with Crippen molar-refractivity contribution >= 4 is 12.3 Å². The quantitative estimate of drug-likeness (QED) is 0.720. The molecule has 0 aromatic carbocycles. The summed E-state index contributed by atoms with van der Waals surface area (Å²) in [5, 5.41) is 9.14. The van der Waals surface area contributed by atoms with Crippen LogP contribution in [0.2, 0.25) is 0 Å². The largest absolute Gasteiger partial charge is 0.480 e. The Bertz CT molecular complexity index is 343. The molecule has 0 bridgehead atoms. The first-order valence-electron chi connectivity index (χ1n) is 6.15. The summed E-state index contributed by atoms with van der Waals surface area (Å²) < 4.78 is 11.1. The molecule has 6 heteroatoms. The summed E-state index contributed by atoms with van der Waals surface area (Å²) in [5.74, 6) is -1.67. The second-order valence-corrected chi connectivity index (χ2v) is 5.39. The molecule has 0 aliphatic carbocycles. The monoisotopic (exact) mass is 257 g/mol. The van der Waals surface area contributed by atoms with Gasteiger partial charge in [0, 0.05) is 19.0 Å². The van der Waals surface area contributed by atoms with Crippen molar-refractivity contribution in [2.75, 3.05) is 19.7 Å². The molecule has 2 heterocycles. The maximum Gasteiger partial charge on any atom is 0.320 e. The summed E-state index contributed by atoms with van der Waals surface area (Å²) in [5.41, 5.74) is 0. The van der Waals surface area contributed by atoms with Gasteiger partial charge in [0.05, 0.1) is 12.7 Å². The molecule has 0 aromatic heterocycles. The number of hydrogen-bond donors (Lipinski definition) is 1. The molecule has 0 amide bonds. The topological polar surface area (TPSA) is 76.1 Å². The number of ether oxygens (including phenoxy) is 2. The summed E-state index contributed by atoms with van der Waals surface area (Å²) in [7, 11) is 0. The Balaban J connectivity index is 1.95. The molecule has 0 radical (unpaired) electrons. The lowest BCUT2D eigenvalue weighted by atomic mass is 10.1. The second kappa shape index (κ2) is 4.95. The number of rotatable bonds is 4. The average molecular weight is 257 g/mol. The van der Waals surface area contributed by atoms with E-state index in [9.17, 15) is 9.59 Å². The van der Waals surface area contributed by atoms with Crippen molar-refractivity contribution in [1.82, 2.24) is 4.90 Å². The summed E-state index contributed by atoms with van der Waals surface area (Å²) in [4.78, 5) is 23.7. The molecular weight excluding hydrogens is 238 g/mol. The van der Waals surface area contributed by atoms with Crippen LogP contribution in [0.1, 0.15) is 20.3 Å². The molecule has 18 heavy (non-hydrogen) atoms.